The summed E-state index contributed by atoms with van der Waals surface area (Å²) in [4.78, 5) is 0. The van der Waals surface area contributed by atoms with Gasteiger partial charge < -0.3 is 0 Å². The van der Waals surface area contributed by atoms with Gasteiger partial charge in [0.25, 0.3) is 0 Å². The van der Waals surface area contributed by atoms with E-state index in [0.29, 0.717) is 0 Å². The SMILES string of the molecule is C=CC(=C\CC)/C(C)=C/C. The predicted octanol–water partition coefficient (Wildman–Crippen LogP) is 3.48. The van der Waals surface area contributed by atoms with Crippen molar-refractivity contribution in [3.05, 3.63) is 36.0 Å². The summed E-state index contributed by atoms with van der Waals surface area (Å²) in [6, 6.07) is 0. The maximum atomic E-state index is 3.74. The molecule has 56 valence electrons. The summed E-state index contributed by atoms with van der Waals surface area (Å²) < 4.78 is 0. The minimum Gasteiger partial charge on any atom is -0.0985 e. The van der Waals surface area contributed by atoms with E-state index in [2.05, 4.69) is 32.6 Å². The van der Waals surface area contributed by atoms with E-state index in [9.17, 15) is 0 Å². The number of hydrogen-bond acceptors (Lipinski definition) is 0. The van der Waals surface area contributed by atoms with Gasteiger partial charge in [0.1, 0.15) is 0 Å². The molecule has 0 rings (SSSR count). The third-order valence-electron chi connectivity index (χ3n) is 1.53. The van der Waals surface area contributed by atoms with Gasteiger partial charge in [0.15, 0.2) is 0 Å². The van der Waals surface area contributed by atoms with E-state index < -0.39 is 0 Å². The molecule has 0 aliphatic carbocycles. The standard InChI is InChI=1S/C10H16/c1-5-8-10(7-3)9(4)6-2/h6-8H,3,5H2,1-2,4H3/b9-6+,10-8+. The van der Waals surface area contributed by atoms with Gasteiger partial charge >= 0.3 is 0 Å². The van der Waals surface area contributed by atoms with E-state index in [0.717, 1.165) is 6.42 Å². The number of allylic oxidation sites excluding steroid dienone is 5. The van der Waals surface area contributed by atoms with Crippen molar-refractivity contribution < 1.29 is 0 Å². The molecule has 0 aromatic rings. The van der Waals surface area contributed by atoms with E-state index in [1.54, 1.807) is 0 Å². The van der Waals surface area contributed by atoms with Gasteiger partial charge in [0.2, 0.25) is 0 Å². The Morgan fingerprint density at radius 1 is 1.50 bits per heavy atom. The second-order valence-electron chi connectivity index (χ2n) is 2.24. The zero-order valence-corrected chi connectivity index (χ0v) is 7.15. The van der Waals surface area contributed by atoms with Gasteiger partial charge in [0, 0.05) is 0 Å². The van der Waals surface area contributed by atoms with Crippen molar-refractivity contribution in [3.63, 3.8) is 0 Å². The molecule has 0 amide bonds. The molecule has 0 unspecified atom stereocenters. The van der Waals surface area contributed by atoms with E-state index in [4.69, 9.17) is 0 Å². The Hall–Kier alpha value is -0.780. The molecule has 10 heavy (non-hydrogen) atoms. The summed E-state index contributed by atoms with van der Waals surface area (Å²) in [5, 5.41) is 0. The van der Waals surface area contributed by atoms with Gasteiger partial charge in [-0.2, -0.15) is 0 Å². The van der Waals surface area contributed by atoms with Crippen LogP contribution in [0.1, 0.15) is 27.2 Å². The Morgan fingerprint density at radius 2 is 2.10 bits per heavy atom. The van der Waals surface area contributed by atoms with E-state index in [1.165, 1.54) is 11.1 Å². The molecule has 0 aliphatic rings. The smallest absolute Gasteiger partial charge is 0.0277 e. The normalized spacial score (nSPS) is 13.5. The lowest BCUT2D eigenvalue weighted by atomic mass is 10.1. The molecular weight excluding hydrogens is 120 g/mol. The van der Waals surface area contributed by atoms with Crippen molar-refractivity contribution in [2.45, 2.75) is 27.2 Å². The maximum Gasteiger partial charge on any atom is -0.0277 e. The first-order valence-electron chi connectivity index (χ1n) is 3.72. The van der Waals surface area contributed by atoms with Crippen LogP contribution in [0.4, 0.5) is 0 Å². The molecule has 0 fully saturated rings. The monoisotopic (exact) mass is 136 g/mol. The van der Waals surface area contributed by atoms with Crippen LogP contribution in [0.2, 0.25) is 0 Å². The van der Waals surface area contributed by atoms with Crippen LogP contribution in [0.3, 0.4) is 0 Å². The summed E-state index contributed by atoms with van der Waals surface area (Å²) in [7, 11) is 0. The van der Waals surface area contributed by atoms with Crippen molar-refractivity contribution in [2.24, 2.45) is 0 Å². The Bertz CT molecular complexity index is 159. The third-order valence-corrected chi connectivity index (χ3v) is 1.53. The van der Waals surface area contributed by atoms with Crippen LogP contribution >= 0.6 is 0 Å². The Balaban J connectivity index is 4.35. The largest absolute Gasteiger partial charge is 0.0985 e. The average Bonchev–Trinajstić information content (AvgIpc) is 1.99. The highest BCUT2D eigenvalue weighted by atomic mass is 14.0. The fourth-order valence-electron chi connectivity index (χ4n) is 0.792. The van der Waals surface area contributed by atoms with Gasteiger partial charge in [-0.1, -0.05) is 31.7 Å². The molecule has 0 aliphatic heterocycles. The van der Waals surface area contributed by atoms with E-state index in [-0.39, 0.29) is 0 Å². The quantitative estimate of drug-likeness (QED) is 0.521. The lowest BCUT2D eigenvalue weighted by Gasteiger charge is -1.98. The molecule has 0 saturated heterocycles. The number of rotatable bonds is 3. The first-order chi connectivity index (χ1) is 4.76. The van der Waals surface area contributed by atoms with Gasteiger partial charge in [-0.3, -0.25) is 0 Å². The highest BCUT2D eigenvalue weighted by molar-refractivity contribution is 5.36. The Labute approximate surface area is 64.0 Å². The van der Waals surface area contributed by atoms with Crippen molar-refractivity contribution in [2.75, 3.05) is 0 Å². The third kappa shape index (κ3) is 2.67. The van der Waals surface area contributed by atoms with Gasteiger partial charge in [-0.25, -0.2) is 0 Å². The molecule has 0 spiro atoms. The highest BCUT2D eigenvalue weighted by Gasteiger charge is 1.89. The van der Waals surface area contributed by atoms with E-state index in [1.807, 2.05) is 13.0 Å². The predicted molar refractivity (Wildman–Crippen MR) is 48.0 cm³/mol. The molecule has 0 nitrogen and oxygen atoms in total. The average molecular weight is 136 g/mol. The second kappa shape index (κ2) is 5.04. The second-order valence-corrected chi connectivity index (χ2v) is 2.24. The van der Waals surface area contributed by atoms with Crippen LogP contribution < -0.4 is 0 Å². The fraction of sp³-hybridized carbons (Fsp3) is 0.400. The minimum atomic E-state index is 1.08. The molecule has 0 atom stereocenters. The molecule has 0 bridgehead atoms. The lowest BCUT2D eigenvalue weighted by Crippen LogP contribution is -1.78. The molecule has 0 heterocycles. The lowest BCUT2D eigenvalue weighted by molar-refractivity contribution is 1.19. The van der Waals surface area contributed by atoms with Crippen LogP contribution in [0.15, 0.2) is 36.0 Å². The van der Waals surface area contributed by atoms with Crippen molar-refractivity contribution in [3.8, 4) is 0 Å². The summed E-state index contributed by atoms with van der Waals surface area (Å²) in [6.45, 7) is 10.0. The molecule has 0 heteroatoms. The summed E-state index contributed by atoms with van der Waals surface area (Å²) in [5.74, 6) is 0. The van der Waals surface area contributed by atoms with Crippen LogP contribution in [0.5, 0.6) is 0 Å². The minimum absolute atomic E-state index is 1.08. The van der Waals surface area contributed by atoms with Crippen molar-refractivity contribution in [1.82, 2.24) is 0 Å². The number of hydrogen-bond donors (Lipinski definition) is 0. The van der Waals surface area contributed by atoms with Crippen LogP contribution in [-0.2, 0) is 0 Å². The zero-order valence-electron chi connectivity index (χ0n) is 7.15. The molecule has 0 radical (unpaired) electrons. The van der Waals surface area contributed by atoms with Crippen LogP contribution in [0, 0.1) is 0 Å². The Morgan fingerprint density at radius 3 is 2.40 bits per heavy atom. The van der Waals surface area contributed by atoms with Gasteiger partial charge in [-0.05, 0) is 31.4 Å². The summed E-state index contributed by atoms with van der Waals surface area (Å²) >= 11 is 0. The topological polar surface area (TPSA) is 0 Å². The van der Waals surface area contributed by atoms with Crippen LogP contribution in [0.25, 0.3) is 0 Å². The van der Waals surface area contributed by atoms with E-state index >= 15 is 0 Å². The summed E-state index contributed by atoms with van der Waals surface area (Å²) in [5.41, 5.74) is 2.56. The molecule has 0 aromatic carbocycles. The molecule has 0 N–H and O–H groups in total. The van der Waals surface area contributed by atoms with Crippen LogP contribution in [-0.4, -0.2) is 0 Å². The highest BCUT2D eigenvalue weighted by Crippen LogP contribution is 2.10. The van der Waals surface area contributed by atoms with Crippen molar-refractivity contribution >= 4 is 0 Å². The molecule has 0 aromatic heterocycles. The fourth-order valence-corrected chi connectivity index (χ4v) is 0.792. The molecular formula is C10H16. The maximum absolute atomic E-state index is 3.74. The Kier molecular flexibility index (Phi) is 4.65. The zero-order chi connectivity index (χ0) is 7.98. The van der Waals surface area contributed by atoms with Crippen molar-refractivity contribution in [1.29, 1.82) is 0 Å². The summed E-state index contributed by atoms with van der Waals surface area (Å²) in [6.07, 6.45) is 7.26. The first kappa shape index (κ1) is 9.22. The first-order valence-corrected chi connectivity index (χ1v) is 3.72. The molecule has 0 saturated carbocycles. The van der Waals surface area contributed by atoms with Gasteiger partial charge in [-0.15, -0.1) is 0 Å². The van der Waals surface area contributed by atoms with Gasteiger partial charge in [0.05, 0.1) is 0 Å².